The second-order valence-corrected chi connectivity index (χ2v) is 8.89. The van der Waals surface area contributed by atoms with Gasteiger partial charge in [0.15, 0.2) is 0 Å². The first-order chi connectivity index (χ1) is 16.9. The second-order valence-electron chi connectivity index (χ2n) is 8.89. The summed E-state index contributed by atoms with van der Waals surface area (Å²) in [6.45, 7) is 13.6. The van der Waals surface area contributed by atoms with Crippen molar-refractivity contribution < 1.29 is 28.4 Å². The van der Waals surface area contributed by atoms with Gasteiger partial charge in [0.05, 0.1) is 78.3 Å². The number of hydrogen-bond acceptors (Lipinski definition) is 8. The first kappa shape index (κ1) is 31.7. The molecule has 34 heavy (non-hydrogen) atoms. The Hall–Kier alpha value is -0.320. The van der Waals surface area contributed by atoms with Gasteiger partial charge in [0.2, 0.25) is 0 Å². The van der Waals surface area contributed by atoms with E-state index in [0.717, 1.165) is 26.2 Å². The molecule has 2 atom stereocenters. The van der Waals surface area contributed by atoms with Gasteiger partial charge in [-0.3, -0.25) is 0 Å². The van der Waals surface area contributed by atoms with E-state index in [0.29, 0.717) is 66.1 Å². The van der Waals surface area contributed by atoms with Crippen LogP contribution in [0.15, 0.2) is 0 Å². The standard InChI is InChI=1S/C26H54N2O6/c1-3-5-7-9-11-27-21-25-23-31-15-16-32-24-26(22-28-12-10-8-6-4-2)34-20-18-30-14-13-29-17-19-33-25/h25-28H,3-24H2,1-2H3. The lowest BCUT2D eigenvalue weighted by atomic mass is 10.2. The highest BCUT2D eigenvalue weighted by Gasteiger charge is 2.12. The van der Waals surface area contributed by atoms with Crippen molar-refractivity contribution in [2.45, 2.75) is 77.4 Å². The van der Waals surface area contributed by atoms with Gasteiger partial charge in [-0.05, 0) is 25.9 Å². The zero-order valence-corrected chi connectivity index (χ0v) is 22.2. The van der Waals surface area contributed by atoms with Gasteiger partial charge in [-0.2, -0.15) is 0 Å². The summed E-state index contributed by atoms with van der Waals surface area (Å²) in [6, 6.07) is 0. The molecule has 1 aliphatic rings. The predicted molar refractivity (Wildman–Crippen MR) is 137 cm³/mol. The summed E-state index contributed by atoms with van der Waals surface area (Å²) in [5.74, 6) is 0. The number of unbranched alkanes of at least 4 members (excludes halogenated alkanes) is 6. The molecule has 0 aliphatic carbocycles. The maximum Gasteiger partial charge on any atom is 0.0933 e. The van der Waals surface area contributed by atoms with E-state index < -0.39 is 0 Å². The molecule has 8 nitrogen and oxygen atoms in total. The quantitative estimate of drug-likeness (QED) is 0.360. The van der Waals surface area contributed by atoms with E-state index in [1.54, 1.807) is 0 Å². The maximum atomic E-state index is 5.99. The topological polar surface area (TPSA) is 79.4 Å². The van der Waals surface area contributed by atoms with Crippen LogP contribution in [-0.4, -0.2) is 104 Å². The third kappa shape index (κ3) is 21.0. The first-order valence-electron chi connectivity index (χ1n) is 13.8. The van der Waals surface area contributed by atoms with Crippen LogP contribution >= 0.6 is 0 Å². The van der Waals surface area contributed by atoms with E-state index in [1.807, 2.05) is 0 Å². The average Bonchev–Trinajstić information content (AvgIpc) is 2.84. The SMILES string of the molecule is CCCCCCNCC1COCCOCC(CNCCCCCC)OCCOCCOCCO1. The highest BCUT2D eigenvalue weighted by molar-refractivity contribution is 4.63. The second kappa shape index (κ2) is 25.8. The number of nitrogens with one attached hydrogen (secondary N) is 2. The molecule has 2 unspecified atom stereocenters. The van der Waals surface area contributed by atoms with Crippen molar-refractivity contribution in [3.8, 4) is 0 Å². The Morgan fingerprint density at radius 2 is 0.912 bits per heavy atom. The fourth-order valence-electron chi connectivity index (χ4n) is 3.63. The van der Waals surface area contributed by atoms with Gasteiger partial charge in [0.25, 0.3) is 0 Å². The van der Waals surface area contributed by atoms with Crippen LogP contribution in [0.3, 0.4) is 0 Å². The minimum absolute atomic E-state index is 0.0119. The molecule has 0 radical (unpaired) electrons. The molecule has 0 saturated carbocycles. The van der Waals surface area contributed by atoms with E-state index in [-0.39, 0.29) is 12.2 Å². The molecule has 204 valence electrons. The van der Waals surface area contributed by atoms with Gasteiger partial charge < -0.3 is 39.1 Å². The molecule has 0 aromatic carbocycles. The molecule has 0 spiro atoms. The summed E-state index contributed by atoms with van der Waals surface area (Å²) in [4.78, 5) is 0. The Balaban J connectivity index is 2.31. The normalized spacial score (nSPS) is 22.8. The molecular weight excluding hydrogens is 436 g/mol. The maximum absolute atomic E-state index is 5.99. The number of rotatable bonds is 14. The lowest BCUT2D eigenvalue weighted by Crippen LogP contribution is -2.36. The van der Waals surface area contributed by atoms with Gasteiger partial charge in [-0.15, -0.1) is 0 Å². The van der Waals surface area contributed by atoms with Crippen LogP contribution < -0.4 is 10.6 Å². The Morgan fingerprint density at radius 3 is 1.35 bits per heavy atom. The van der Waals surface area contributed by atoms with Crippen LogP contribution in [0.1, 0.15) is 65.2 Å². The van der Waals surface area contributed by atoms with E-state index in [4.69, 9.17) is 28.4 Å². The Bertz CT molecular complexity index is 369. The molecule has 0 bridgehead atoms. The molecule has 1 aliphatic heterocycles. The average molecular weight is 491 g/mol. The van der Waals surface area contributed by atoms with E-state index in [2.05, 4.69) is 24.5 Å². The van der Waals surface area contributed by atoms with Crippen molar-refractivity contribution in [3.63, 3.8) is 0 Å². The molecule has 0 aromatic rings. The fraction of sp³-hybridized carbons (Fsp3) is 1.00. The van der Waals surface area contributed by atoms with Crippen LogP contribution in [0.2, 0.25) is 0 Å². The van der Waals surface area contributed by atoms with Gasteiger partial charge in [0.1, 0.15) is 0 Å². The highest BCUT2D eigenvalue weighted by atomic mass is 16.6. The fourth-order valence-corrected chi connectivity index (χ4v) is 3.63. The van der Waals surface area contributed by atoms with Crippen molar-refractivity contribution in [1.29, 1.82) is 0 Å². The van der Waals surface area contributed by atoms with Gasteiger partial charge in [-0.25, -0.2) is 0 Å². The summed E-state index contributed by atoms with van der Waals surface area (Å²) in [5.41, 5.74) is 0. The first-order valence-corrected chi connectivity index (χ1v) is 13.8. The third-order valence-electron chi connectivity index (χ3n) is 5.67. The number of hydrogen-bond donors (Lipinski definition) is 2. The van der Waals surface area contributed by atoms with Crippen LogP contribution in [0, 0.1) is 0 Å². The van der Waals surface area contributed by atoms with Crippen molar-refractivity contribution in [2.75, 3.05) is 92.2 Å². The molecule has 1 saturated heterocycles. The Kier molecular flexibility index (Phi) is 24.0. The van der Waals surface area contributed by atoms with Crippen LogP contribution in [0.4, 0.5) is 0 Å². The lowest BCUT2D eigenvalue weighted by molar-refractivity contribution is -0.0728. The minimum atomic E-state index is 0.0119. The van der Waals surface area contributed by atoms with Gasteiger partial charge in [0, 0.05) is 13.1 Å². The summed E-state index contributed by atoms with van der Waals surface area (Å²) in [5, 5.41) is 7.01. The highest BCUT2D eigenvalue weighted by Crippen LogP contribution is 2.00. The van der Waals surface area contributed by atoms with Crippen molar-refractivity contribution in [2.24, 2.45) is 0 Å². The molecule has 2 N–H and O–H groups in total. The zero-order valence-electron chi connectivity index (χ0n) is 22.2. The Morgan fingerprint density at radius 1 is 0.500 bits per heavy atom. The largest absolute Gasteiger partial charge is 0.377 e. The van der Waals surface area contributed by atoms with Crippen molar-refractivity contribution in [3.05, 3.63) is 0 Å². The van der Waals surface area contributed by atoms with Crippen molar-refractivity contribution in [1.82, 2.24) is 10.6 Å². The van der Waals surface area contributed by atoms with Gasteiger partial charge >= 0.3 is 0 Å². The van der Waals surface area contributed by atoms with Gasteiger partial charge in [-0.1, -0.05) is 52.4 Å². The van der Waals surface area contributed by atoms with Crippen LogP contribution in [0.25, 0.3) is 0 Å². The molecule has 0 aromatic heterocycles. The number of ether oxygens (including phenoxy) is 6. The van der Waals surface area contributed by atoms with E-state index in [9.17, 15) is 0 Å². The molecule has 1 rings (SSSR count). The minimum Gasteiger partial charge on any atom is -0.377 e. The van der Waals surface area contributed by atoms with Crippen LogP contribution in [-0.2, 0) is 28.4 Å². The third-order valence-corrected chi connectivity index (χ3v) is 5.67. The molecule has 0 amide bonds. The van der Waals surface area contributed by atoms with E-state index in [1.165, 1.54) is 51.4 Å². The monoisotopic (exact) mass is 490 g/mol. The molecule has 8 heteroatoms. The Labute approximate surface area is 209 Å². The van der Waals surface area contributed by atoms with Crippen molar-refractivity contribution >= 4 is 0 Å². The lowest BCUT2D eigenvalue weighted by Gasteiger charge is -2.21. The van der Waals surface area contributed by atoms with Crippen LogP contribution in [0.5, 0.6) is 0 Å². The molecule has 1 heterocycles. The summed E-state index contributed by atoms with van der Waals surface area (Å²) in [6.07, 6.45) is 10.1. The summed E-state index contributed by atoms with van der Waals surface area (Å²) < 4.78 is 34.9. The predicted octanol–water partition coefficient (Wildman–Crippen LogP) is 3.18. The molecular formula is C26H54N2O6. The van der Waals surface area contributed by atoms with E-state index >= 15 is 0 Å². The summed E-state index contributed by atoms with van der Waals surface area (Å²) in [7, 11) is 0. The summed E-state index contributed by atoms with van der Waals surface area (Å²) >= 11 is 0. The zero-order chi connectivity index (χ0) is 24.4. The molecule has 1 fully saturated rings. The smallest absolute Gasteiger partial charge is 0.0933 e.